The summed E-state index contributed by atoms with van der Waals surface area (Å²) in [4.78, 5) is 0. The van der Waals surface area contributed by atoms with E-state index in [9.17, 15) is 0 Å². The van der Waals surface area contributed by atoms with Crippen LogP contribution in [0.1, 0.15) is 5.56 Å². The van der Waals surface area contributed by atoms with Crippen LogP contribution in [-0.2, 0) is 0 Å². The minimum atomic E-state index is 0.459. The van der Waals surface area contributed by atoms with Gasteiger partial charge in [-0.15, -0.1) is 10.2 Å². The number of rotatable bonds is 2. The third kappa shape index (κ3) is 2.84. The van der Waals surface area contributed by atoms with Crippen LogP contribution in [-0.4, -0.2) is 14.9 Å². The SMILES string of the molecule is Clc1cccc(-c2nnc3n2NC(c2ccc(Br)cc2)=CS3)c1Cl. The summed E-state index contributed by atoms with van der Waals surface area (Å²) in [5, 5.41) is 12.2. The molecule has 1 N–H and O–H groups in total. The van der Waals surface area contributed by atoms with Crippen molar-refractivity contribution in [3.05, 3.63) is 68.0 Å². The Bertz CT molecular complexity index is 953. The fourth-order valence-corrected chi connectivity index (χ4v) is 3.71. The monoisotopic (exact) mass is 438 g/mol. The van der Waals surface area contributed by atoms with Crippen LogP contribution in [0.25, 0.3) is 17.1 Å². The Morgan fingerprint density at radius 2 is 1.83 bits per heavy atom. The molecule has 0 fully saturated rings. The standard InChI is InChI=1S/C16H9BrCl2N4S/c17-10-6-4-9(5-7-10)13-8-24-16-21-20-15(23(16)22-13)11-2-1-3-12(18)14(11)19/h1-8,22H. The molecule has 0 aliphatic carbocycles. The summed E-state index contributed by atoms with van der Waals surface area (Å²) in [7, 11) is 0. The van der Waals surface area contributed by atoms with Gasteiger partial charge in [0.05, 0.1) is 15.7 Å². The Morgan fingerprint density at radius 3 is 2.62 bits per heavy atom. The minimum absolute atomic E-state index is 0.459. The van der Waals surface area contributed by atoms with E-state index in [0.717, 1.165) is 26.5 Å². The molecule has 4 rings (SSSR count). The van der Waals surface area contributed by atoms with Crippen LogP contribution in [0, 0.1) is 0 Å². The van der Waals surface area contributed by atoms with Gasteiger partial charge >= 0.3 is 0 Å². The molecule has 0 spiro atoms. The molecule has 2 aromatic carbocycles. The highest BCUT2D eigenvalue weighted by Crippen LogP contribution is 2.36. The van der Waals surface area contributed by atoms with Crippen LogP contribution >= 0.6 is 50.9 Å². The molecule has 4 nitrogen and oxygen atoms in total. The third-order valence-corrected chi connectivity index (χ3v) is 5.67. The zero-order valence-corrected chi connectivity index (χ0v) is 15.9. The van der Waals surface area contributed by atoms with E-state index in [4.69, 9.17) is 23.2 Å². The van der Waals surface area contributed by atoms with Crippen molar-refractivity contribution >= 4 is 56.6 Å². The minimum Gasteiger partial charge on any atom is -0.289 e. The average Bonchev–Trinajstić information content (AvgIpc) is 3.01. The fourth-order valence-electron chi connectivity index (χ4n) is 2.32. The summed E-state index contributed by atoms with van der Waals surface area (Å²) in [6.45, 7) is 0. The number of hydrogen-bond acceptors (Lipinski definition) is 4. The van der Waals surface area contributed by atoms with Crippen molar-refractivity contribution in [2.45, 2.75) is 5.16 Å². The van der Waals surface area contributed by atoms with Gasteiger partial charge < -0.3 is 0 Å². The zero-order valence-electron chi connectivity index (χ0n) is 12.0. The van der Waals surface area contributed by atoms with Gasteiger partial charge in [-0.05, 0) is 24.3 Å². The van der Waals surface area contributed by atoms with Crippen molar-refractivity contribution < 1.29 is 0 Å². The summed E-state index contributed by atoms with van der Waals surface area (Å²) >= 11 is 17.4. The Morgan fingerprint density at radius 1 is 1.04 bits per heavy atom. The summed E-state index contributed by atoms with van der Waals surface area (Å²) in [5.41, 5.74) is 6.09. The molecule has 3 aromatic rings. The molecule has 0 amide bonds. The zero-order chi connectivity index (χ0) is 16.7. The van der Waals surface area contributed by atoms with Gasteiger partial charge in [-0.25, -0.2) is 4.68 Å². The molecule has 0 unspecified atom stereocenters. The second-order valence-corrected chi connectivity index (χ2v) is 7.55. The van der Waals surface area contributed by atoms with E-state index >= 15 is 0 Å². The predicted octanol–water partition coefficient (Wildman–Crippen LogP) is 5.66. The highest BCUT2D eigenvalue weighted by atomic mass is 79.9. The number of halogens is 3. The van der Waals surface area contributed by atoms with Crippen molar-refractivity contribution in [1.82, 2.24) is 14.9 Å². The van der Waals surface area contributed by atoms with E-state index in [1.54, 1.807) is 6.07 Å². The number of fused-ring (bicyclic) bond motifs is 1. The lowest BCUT2D eigenvalue weighted by Crippen LogP contribution is -2.18. The van der Waals surface area contributed by atoms with E-state index in [-0.39, 0.29) is 0 Å². The maximum Gasteiger partial charge on any atom is 0.214 e. The van der Waals surface area contributed by atoms with Gasteiger partial charge in [0.25, 0.3) is 0 Å². The molecular weight excluding hydrogens is 431 g/mol. The van der Waals surface area contributed by atoms with E-state index in [1.165, 1.54) is 11.8 Å². The molecule has 0 atom stereocenters. The molecule has 1 aromatic heterocycles. The maximum atomic E-state index is 6.33. The highest BCUT2D eigenvalue weighted by molar-refractivity contribution is 9.10. The van der Waals surface area contributed by atoms with Crippen LogP contribution < -0.4 is 5.43 Å². The maximum absolute atomic E-state index is 6.33. The Balaban J connectivity index is 1.74. The number of aromatic nitrogens is 3. The van der Waals surface area contributed by atoms with Gasteiger partial charge in [-0.3, -0.25) is 5.43 Å². The first kappa shape index (κ1) is 16.0. The van der Waals surface area contributed by atoms with Crippen molar-refractivity contribution in [2.75, 3.05) is 5.43 Å². The summed E-state index contributed by atoms with van der Waals surface area (Å²) in [6.07, 6.45) is 0. The molecule has 1 aliphatic heterocycles. The number of hydrogen-bond donors (Lipinski definition) is 1. The van der Waals surface area contributed by atoms with E-state index in [1.807, 2.05) is 46.5 Å². The number of nitrogens with one attached hydrogen (secondary N) is 1. The summed E-state index contributed by atoms with van der Waals surface area (Å²) in [5.74, 6) is 0.618. The molecule has 0 saturated heterocycles. The largest absolute Gasteiger partial charge is 0.289 e. The van der Waals surface area contributed by atoms with Gasteiger partial charge in [-0.1, -0.05) is 69.1 Å². The first-order chi connectivity index (χ1) is 11.6. The van der Waals surface area contributed by atoms with E-state index in [2.05, 4.69) is 31.6 Å². The quantitative estimate of drug-likeness (QED) is 0.559. The Labute approximate surface area is 161 Å². The number of nitrogens with zero attached hydrogens (tertiary/aromatic N) is 3. The number of thioether (sulfide) groups is 1. The van der Waals surface area contributed by atoms with Gasteiger partial charge in [-0.2, -0.15) is 0 Å². The number of benzene rings is 2. The molecule has 120 valence electrons. The van der Waals surface area contributed by atoms with Crippen LogP contribution in [0.3, 0.4) is 0 Å². The first-order valence-corrected chi connectivity index (χ1v) is 9.36. The fraction of sp³-hybridized carbons (Fsp3) is 0. The van der Waals surface area contributed by atoms with Crippen molar-refractivity contribution in [2.24, 2.45) is 0 Å². The molecule has 0 bridgehead atoms. The average molecular weight is 440 g/mol. The second kappa shape index (κ2) is 6.44. The van der Waals surface area contributed by atoms with Crippen molar-refractivity contribution in [3.8, 4) is 11.4 Å². The van der Waals surface area contributed by atoms with Crippen molar-refractivity contribution in [1.29, 1.82) is 0 Å². The second-order valence-electron chi connectivity index (χ2n) is 5.01. The van der Waals surface area contributed by atoms with E-state index in [0.29, 0.717) is 15.9 Å². The molecule has 0 saturated carbocycles. The predicted molar refractivity (Wildman–Crippen MR) is 103 cm³/mol. The normalized spacial score (nSPS) is 13.2. The van der Waals surface area contributed by atoms with Crippen LogP contribution in [0.4, 0.5) is 0 Å². The van der Waals surface area contributed by atoms with Crippen LogP contribution in [0.5, 0.6) is 0 Å². The Kier molecular flexibility index (Phi) is 4.30. The lowest BCUT2D eigenvalue weighted by molar-refractivity contribution is 0.826. The first-order valence-electron chi connectivity index (χ1n) is 6.93. The Hall–Kier alpha value is -1.47. The highest BCUT2D eigenvalue weighted by Gasteiger charge is 2.21. The molecule has 1 aliphatic rings. The van der Waals surface area contributed by atoms with Crippen LogP contribution in [0.2, 0.25) is 10.0 Å². The topological polar surface area (TPSA) is 42.7 Å². The molecular formula is C16H9BrCl2N4S. The van der Waals surface area contributed by atoms with Crippen molar-refractivity contribution in [3.63, 3.8) is 0 Å². The summed E-state index contributed by atoms with van der Waals surface area (Å²) < 4.78 is 2.85. The van der Waals surface area contributed by atoms with Gasteiger partial charge in [0, 0.05) is 21.0 Å². The lowest BCUT2D eigenvalue weighted by atomic mass is 10.2. The van der Waals surface area contributed by atoms with Gasteiger partial charge in [0.15, 0.2) is 5.82 Å². The van der Waals surface area contributed by atoms with Gasteiger partial charge in [0.2, 0.25) is 5.16 Å². The summed E-state index contributed by atoms with van der Waals surface area (Å²) in [6, 6.07) is 13.5. The molecule has 24 heavy (non-hydrogen) atoms. The van der Waals surface area contributed by atoms with Crippen LogP contribution in [0.15, 0.2) is 57.5 Å². The smallest absolute Gasteiger partial charge is 0.214 e. The molecule has 0 radical (unpaired) electrons. The third-order valence-electron chi connectivity index (χ3n) is 3.50. The molecule has 2 heterocycles. The molecule has 8 heteroatoms. The lowest BCUT2D eigenvalue weighted by Gasteiger charge is -2.19. The van der Waals surface area contributed by atoms with Gasteiger partial charge in [0.1, 0.15) is 0 Å². The van der Waals surface area contributed by atoms with E-state index < -0.39 is 0 Å².